The lowest BCUT2D eigenvalue weighted by Crippen LogP contribution is -2.21. The van der Waals surface area contributed by atoms with Crippen LogP contribution in [0.25, 0.3) is 25.6 Å². The van der Waals surface area contributed by atoms with Crippen LogP contribution < -0.4 is 5.56 Å². The van der Waals surface area contributed by atoms with Gasteiger partial charge in [0.05, 0.1) is 5.52 Å². The predicted molar refractivity (Wildman–Crippen MR) is 88.3 cm³/mol. The van der Waals surface area contributed by atoms with Crippen LogP contribution in [0, 0.1) is 5.39 Å². The second-order valence-electron chi connectivity index (χ2n) is 5.26. The Labute approximate surface area is 130 Å². The van der Waals surface area contributed by atoms with Crippen LogP contribution in [0.4, 0.5) is 5.69 Å². The lowest BCUT2D eigenvalue weighted by molar-refractivity contribution is 0.481. The molecule has 0 atom stereocenters. The summed E-state index contributed by atoms with van der Waals surface area (Å²) in [5.74, 6) is -0.272. The summed E-state index contributed by atoms with van der Waals surface area (Å²) in [4.78, 5) is 16.3. The Bertz CT molecular complexity index is 949. The van der Waals surface area contributed by atoms with E-state index >= 15 is 0 Å². The van der Waals surface area contributed by atoms with E-state index in [1.165, 1.54) is 15.9 Å². The van der Waals surface area contributed by atoms with E-state index in [0.717, 1.165) is 10.4 Å². The van der Waals surface area contributed by atoms with Crippen LogP contribution in [0.15, 0.2) is 41.2 Å². The summed E-state index contributed by atoms with van der Waals surface area (Å²) in [6.07, 6.45) is 0. The van der Waals surface area contributed by atoms with Crippen molar-refractivity contribution in [3.63, 3.8) is 0 Å². The summed E-state index contributed by atoms with van der Waals surface area (Å²) in [5, 5.41) is 19.3. The molecular weight excluding hydrogens is 298 g/mol. The molecule has 0 spiro atoms. The highest BCUT2D eigenvalue weighted by molar-refractivity contribution is 7.22. The van der Waals surface area contributed by atoms with E-state index in [9.17, 15) is 9.90 Å². The average molecular weight is 312 g/mol. The Kier molecular flexibility index (Phi) is 3.43. The van der Waals surface area contributed by atoms with Crippen LogP contribution in [-0.4, -0.2) is 9.67 Å². The van der Waals surface area contributed by atoms with Crippen LogP contribution in [0.5, 0.6) is 5.75 Å². The largest absolute Gasteiger partial charge is 0.500 e. The molecule has 0 saturated carbocycles. The van der Waals surface area contributed by atoms with E-state index in [1.807, 2.05) is 50.2 Å². The van der Waals surface area contributed by atoms with E-state index in [0.29, 0.717) is 10.2 Å². The minimum atomic E-state index is -0.500. The lowest BCUT2D eigenvalue weighted by Gasteiger charge is -2.10. The van der Waals surface area contributed by atoms with Gasteiger partial charge in [0.25, 0.3) is 0 Å². The van der Waals surface area contributed by atoms with Crippen LogP contribution in [-0.2, 0) is 0 Å². The molecule has 0 saturated heterocycles. The number of thiophene rings is 1. The quantitative estimate of drug-likeness (QED) is 0.708. The molecule has 1 aromatic carbocycles. The Hall–Kier alpha value is -2.65. The Morgan fingerprint density at radius 3 is 2.55 bits per heavy atom. The van der Waals surface area contributed by atoms with Gasteiger partial charge in [-0.3, -0.25) is 9.36 Å². The first kappa shape index (κ1) is 14.3. The third-order valence-corrected chi connectivity index (χ3v) is 4.69. The zero-order chi connectivity index (χ0) is 15.9. The summed E-state index contributed by atoms with van der Waals surface area (Å²) < 4.78 is 2.08. The van der Waals surface area contributed by atoms with Gasteiger partial charge in [0.15, 0.2) is 4.98 Å². The molecule has 3 rings (SSSR count). The molecule has 2 aromatic heterocycles. The van der Waals surface area contributed by atoms with E-state index in [1.54, 1.807) is 0 Å². The van der Waals surface area contributed by atoms with Crippen molar-refractivity contribution in [3.05, 3.63) is 51.7 Å². The number of hydrogen-bond acceptors (Lipinski definition) is 4. The van der Waals surface area contributed by atoms with Crippen molar-refractivity contribution in [1.29, 1.82) is 5.39 Å². The number of aromatic nitrogens is 1. The van der Waals surface area contributed by atoms with Gasteiger partial charge >= 0.3 is 11.2 Å². The van der Waals surface area contributed by atoms with Gasteiger partial charge in [-0.05, 0) is 25.5 Å². The van der Waals surface area contributed by atoms with Crippen molar-refractivity contribution in [3.8, 4) is 16.2 Å². The first-order chi connectivity index (χ1) is 10.5. The van der Waals surface area contributed by atoms with Gasteiger partial charge in [-0.1, -0.05) is 30.3 Å². The van der Waals surface area contributed by atoms with Gasteiger partial charge in [-0.15, -0.1) is 11.3 Å². The highest BCUT2D eigenvalue weighted by Gasteiger charge is 2.28. The predicted octanol–water partition coefficient (Wildman–Crippen LogP) is 4.50. The standard InChI is InChI=1S/C16H13N3O2S/c1-9(2)19-11-8-12(10-6-4-3-5-7-10)22-15(11)14(20)13(18-17)16(19)21/h3-9H,1-2H3/p+1. The molecule has 0 radical (unpaired) electrons. The van der Waals surface area contributed by atoms with Crippen LogP contribution in [0.2, 0.25) is 0 Å². The molecule has 22 heavy (non-hydrogen) atoms. The van der Waals surface area contributed by atoms with Crippen molar-refractivity contribution in [2.24, 2.45) is 0 Å². The topological polar surface area (TPSA) is 70.4 Å². The fourth-order valence-corrected chi connectivity index (χ4v) is 3.61. The molecule has 110 valence electrons. The highest BCUT2D eigenvalue weighted by Crippen LogP contribution is 2.41. The Morgan fingerprint density at radius 2 is 1.95 bits per heavy atom. The van der Waals surface area contributed by atoms with Crippen molar-refractivity contribution in [2.75, 3.05) is 0 Å². The number of hydrogen-bond donors (Lipinski definition) is 1. The number of nitrogens with zero attached hydrogens (tertiary/aromatic N) is 3. The maximum Gasteiger partial charge on any atom is 0.491 e. The third kappa shape index (κ3) is 2.07. The summed E-state index contributed by atoms with van der Waals surface area (Å²) in [7, 11) is 0. The molecule has 5 nitrogen and oxygen atoms in total. The molecule has 1 N–H and O–H groups in total. The van der Waals surface area contributed by atoms with Gasteiger partial charge in [0.2, 0.25) is 11.1 Å². The molecule has 0 aliphatic heterocycles. The summed E-state index contributed by atoms with van der Waals surface area (Å²) in [6.45, 7) is 3.75. The number of aromatic hydroxyl groups is 1. The minimum Gasteiger partial charge on any atom is -0.500 e. The van der Waals surface area contributed by atoms with E-state index in [4.69, 9.17) is 5.39 Å². The van der Waals surface area contributed by atoms with Crippen LogP contribution >= 0.6 is 11.3 Å². The molecule has 0 amide bonds. The summed E-state index contributed by atoms with van der Waals surface area (Å²) in [6, 6.07) is 11.5. The van der Waals surface area contributed by atoms with Crippen LogP contribution in [0.1, 0.15) is 19.9 Å². The number of rotatable bonds is 2. The monoisotopic (exact) mass is 312 g/mol. The van der Waals surface area contributed by atoms with Gasteiger partial charge in [0.1, 0.15) is 4.70 Å². The zero-order valence-electron chi connectivity index (χ0n) is 12.1. The minimum absolute atomic E-state index is 0.116. The smallest absolute Gasteiger partial charge is 0.491 e. The molecule has 0 bridgehead atoms. The van der Waals surface area contributed by atoms with Gasteiger partial charge < -0.3 is 5.11 Å². The Morgan fingerprint density at radius 1 is 1.27 bits per heavy atom. The fraction of sp³-hybridized carbons (Fsp3) is 0.188. The fourth-order valence-electron chi connectivity index (χ4n) is 2.51. The van der Waals surface area contributed by atoms with E-state index in [-0.39, 0.29) is 17.5 Å². The maximum absolute atomic E-state index is 12.4. The van der Waals surface area contributed by atoms with Crippen molar-refractivity contribution >= 4 is 27.2 Å². The molecule has 0 fully saturated rings. The third-order valence-electron chi connectivity index (χ3n) is 3.51. The molecule has 6 heteroatoms. The van der Waals surface area contributed by atoms with E-state index in [2.05, 4.69) is 4.98 Å². The van der Waals surface area contributed by atoms with Crippen molar-refractivity contribution in [1.82, 2.24) is 4.57 Å². The molecule has 3 aromatic rings. The van der Waals surface area contributed by atoms with Crippen molar-refractivity contribution < 1.29 is 5.11 Å². The Balaban J connectivity index is 2.42. The van der Waals surface area contributed by atoms with Gasteiger partial charge in [-0.25, -0.2) is 0 Å². The second-order valence-corrected chi connectivity index (χ2v) is 6.31. The first-order valence-electron chi connectivity index (χ1n) is 6.86. The molecule has 0 aliphatic rings. The average Bonchev–Trinajstić information content (AvgIpc) is 2.93. The van der Waals surface area contributed by atoms with Crippen molar-refractivity contribution in [2.45, 2.75) is 19.9 Å². The van der Waals surface area contributed by atoms with Crippen LogP contribution in [0.3, 0.4) is 0 Å². The van der Waals surface area contributed by atoms with Gasteiger partial charge in [-0.2, -0.15) is 0 Å². The first-order valence-corrected chi connectivity index (χ1v) is 7.67. The molecule has 0 aliphatic carbocycles. The number of diazo groups is 1. The number of fused-ring (bicyclic) bond motifs is 1. The normalized spacial score (nSPS) is 11.0. The molecule has 0 unspecified atom stereocenters. The summed E-state index contributed by atoms with van der Waals surface area (Å²) in [5.41, 5.74) is 0.838. The van der Waals surface area contributed by atoms with E-state index < -0.39 is 5.56 Å². The highest BCUT2D eigenvalue weighted by atomic mass is 32.1. The summed E-state index contributed by atoms with van der Waals surface area (Å²) >= 11 is 1.37. The second kappa shape index (κ2) is 5.28. The molecule has 2 heterocycles. The number of benzene rings is 1. The SMILES string of the molecule is CC(C)n1c(=O)c([N+]#N)c(O)c2sc(-c3ccccc3)cc21. The molecular formula is C16H14N3O2S+. The number of pyridine rings is 1. The van der Waals surface area contributed by atoms with Gasteiger partial charge in [0, 0.05) is 10.9 Å². The maximum atomic E-state index is 12.4. The lowest BCUT2D eigenvalue weighted by atomic mass is 10.2. The zero-order valence-corrected chi connectivity index (χ0v) is 13.0.